The molecule has 3 aliphatic rings. The van der Waals surface area contributed by atoms with Crippen LogP contribution in [0.4, 0.5) is 0 Å². The van der Waals surface area contributed by atoms with Crippen LogP contribution in [-0.4, -0.2) is 24.7 Å². The molecule has 4 heteroatoms. The minimum absolute atomic E-state index is 0.208. The fourth-order valence-electron chi connectivity index (χ4n) is 4.08. The van der Waals surface area contributed by atoms with Crippen LogP contribution in [0, 0.1) is 0 Å². The van der Waals surface area contributed by atoms with E-state index in [9.17, 15) is 0 Å². The van der Waals surface area contributed by atoms with E-state index >= 15 is 0 Å². The van der Waals surface area contributed by atoms with Gasteiger partial charge in [0.1, 0.15) is 23.6 Å². The predicted octanol–water partition coefficient (Wildman–Crippen LogP) is 4.48. The van der Waals surface area contributed by atoms with E-state index in [4.69, 9.17) is 14.2 Å². The molecule has 25 heavy (non-hydrogen) atoms. The molecule has 5 rings (SSSR count). The van der Waals surface area contributed by atoms with Crippen molar-refractivity contribution in [1.82, 2.24) is 0 Å². The van der Waals surface area contributed by atoms with Gasteiger partial charge >= 0.3 is 0 Å². The minimum Gasteiger partial charge on any atom is -0.492 e. The normalized spacial score (nSPS) is 20.4. The number of fused-ring (bicyclic) bond motifs is 3. The molecule has 0 aliphatic carbocycles. The van der Waals surface area contributed by atoms with Crippen molar-refractivity contribution in [3.63, 3.8) is 0 Å². The smallest absolute Gasteiger partial charge is 0.134 e. The van der Waals surface area contributed by atoms with Gasteiger partial charge in [-0.3, -0.25) is 0 Å². The minimum atomic E-state index is -0.393. The second kappa shape index (κ2) is 5.38. The Morgan fingerprint density at radius 2 is 1.60 bits per heavy atom. The van der Waals surface area contributed by atoms with E-state index in [-0.39, 0.29) is 5.16 Å². The van der Waals surface area contributed by atoms with Gasteiger partial charge in [0.25, 0.3) is 0 Å². The van der Waals surface area contributed by atoms with E-state index in [2.05, 4.69) is 45.0 Å². The second-order valence-electron chi connectivity index (χ2n) is 7.95. The van der Waals surface area contributed by atoms with Crippen LogP contribution < -0.4 is 19.5 Å². The van der Waals surface area contributed by atoms with Crippen molar-refractivity contribution in [1.29, 1.82) is 0 Å². The zero-order chi connectivity index (χ0) is 17.2. The maximum Gasteiger partial charge on any atom is 0.134 e. The summed E-state index contributed by atoms with van der Waals surface area (Å²) in [7, 11) is -0.393. The maximum atomic E-state index is 6.09. The Morgan fingerprint density at radius 3 is 2.24 bits per heavy atom. The van der Waals surface area contributed by atoms with Gasteiger partial charge in [0.15, 0.2) is 0 Å². The lowest BCUT2D eigenvalue weighted by Crippen LogP contribution is -2.19. The molecule has 3 nitrogen and oxygen atoms in total. The van der Waals surface area contributed by atoms with Crippen LogP contribution in [0.25, 0.3) is 11.1 Å². The molecule has 0 amide bonds. The highest BCUT2D eigenvalue weighted by Gasteiger charge is 2.38. The Morgan fingerprint density at radius 1 is 0.920 bits per heavy atom. The fraction of sp³-hybridized carbons (Fsp3) is 0.429. The SMILES string of the molecule is CC(C)(C)[P@]1COc2cccc(-c3c4c(cc5c3OCC5)CCO4)c21. The zero-order valence-corrected chi connectivity index (χ0v) is 15.9. The first-order valence-electron chi connectivity index (χ1n) is 9.02. The lowest BCUT2D eigenvalue weighted by atomic mass is 9.96. The van der Waals surface area contributed by atoms with Crippen molar-refractivity contribution < 1.29 is 14.2 Å². The van der Waals surface area contributed by atoms with E-state index in [0.717, 1.165) is 49.7 Å². The summed E-state index contributed by atoms with van der Waals surface area (Å²) in [6.07, 6.45) is 2.80. The lowest BCUT2D eigenvalue weighted by molar-refractivity contribution is 0.345. The average Bonchev–Trinajstić information content (AvgIpc) is 3.29. The standard InChI is InChI=1S/C21H23O3P/c1-21(2,3)25-12-24-16-6-4-5-15(20(16)25)17-18-13(7-9-22-18)11-14-8-10-23-19(14)17/h4-6,11H,7-10,12H2,1-3H3/t25-/m1/s1. The summed E-state index contributed by atoms with van der Waals surface area (Å²) in [4.78, 5) is 0. The van der Waals surface area contributed by atoms with Crippen LogP contribution in [0.2, 0.25) is 0 Å². The van der Waals surface area contributed by atoms with Gasteiger partial charge in [-0.15, -0.1) is 0 Å². The van der Waals surface area contributed by atoms with Crippen molar-refractivity contribution in [2.24, 2.45) is 0 Å². The molecule has 0 unspecified atom stereocenters. The predicted molar refractivity (Wildman–Crippen MR) is 102 cm³/mol. The Balaban J connectivity index is 1.79. The molecule has 0 radical (unpaired) electrons. The average molecular weight is 354 g/mol. The molecule has 0 N–H and O–H groups in total. The van der Waals surface area contributed by atoms with Crippen molar-refractivity contribution in [2.45, 2.75) is 38.8 Å². The van der Waals surface area contributed by atoms with Gasteiger partial charge in [0.2, 0.25) is 0 Å². The van der Waals surface area contributed by atoms with Crippen LogP contribution in [0.1, 0.15) is 31.9 Å². The first-order valence-corrected chi connectivity index (χ1v) is 10.5. The lowest BCUT2D eigenvalue weighted by Gasteiger charge is -2.28. The van der Waals surface area contributed by atoms with Gasteiger partial charge in [0.05, 0.1) is 18.8 Å². The van der Waals surface area contributed by atoms with Crippen molar-refractivity contribution in [3.05, 3.63) is 35.4 Å². The molecule has 130 valence electrons. The van der Waals surface area contributed by atoms with Crippen molar-refractivity contribution >= 4 is 13.2 Å². The monoisotopic (exact) mass is 354 g/mol. The molecule has 0 saturated carbocycles. The van der Waals surface area contributed by atoms with Gasteiger partial charge in [-0.2, -0.15) is 0 Å². The summed E-state index contributed by atoms with van der Waals surface area (Å²) in [5.74, 6) is 3.11. The molecule has 0 bridgehead atoms. The Labute approximate surface area is 150 Å². The summed E-state index contributed by atoms with van der Waals surface area (Å²) in [6.45, 7) is 8.50. The van der Waals surface area contributed by atoms with E-state index in [1.54, 1.807) is 0 Å². The van der Waals surface area contributed by atoms with E-state index in [1.165, 1.54) is 27.6 Å². The van der Waals surface area contributed by atoms with Gasteiger partial charge in [-0.1, -0.05) is 32.9 Å². The number of benzene rings is 2. The molecule has 3 aliphatic heterocycles. The highest BCUT2D eigenvalue weighted by Crippen LogP contribution is 2.58. The molecular weight excluding hydrogens is 331 g/mol. The summed E-state index contributed by atoms with van der Waals surface area (Å²) in [5.41, 5.74) is 5.08. The van der Waals surface area contributed by atoms with Crippen LogP contribution in [0.3, 0.4) is 0 Å². The fourth-order valence-corrected chi connectivity index (χ4v) is 6.42. The van der Waals surface area contributed by atoms with Gasteiger partial charge in [-0.25, -0.2) is 0 Å². The Bertz CT molecular complexity index is 834. The van der Waals surface area contributed by atoms with Crippen LogP contribution in [-0.2, 0) is 12.8 Å². The maximum absolute atomic E-state index is 6.09. The van der Waals surface area contributed by atoms with Gasteiger partial charge in [0, 0.05) is 23.7 Å². The van der Waals surface area contributed by atoms with Crippen molar-refractivity contribution in [3.8, 4) is 28.4 Å². The second-order valence-corrected chi connectivity index (χ2v) is 10.9. The Kier molecular flexibility index (Phi) is 3.34. The largest absolute Gasteiger partial charge is 0.492 e. The van der Waals surface area contributed by atoms with Gasteiger partial charge in [-0.05, 0) is 36.3 Å². The third-order valence-electron chi connectivity index (χ3n) is 5.32. The summed E-state index contributed by atoms with van der Waals surface area (Å²) in [6, 6.07) is 8.73. The molecule has 0 fully saturated rings. The van der Waals surface area contributed by atoms with E-state index < -0.39 is 7.92 Å². The third-order valence-corrected chi connectivity index (χ3v) is 8.33. The molecule has 0 saturated heterocycles. The third kappa shape index (κ3) is 2.29. The molecule has 2 aromatic rings. The first-order chi connectivity index (χ1) is 12.0. The molecule has 2 aromatic carbocycles. The van der Waals surface area contributed by atoms with E-state index in [0.29, 0.717) is 0 Å². The van der Waals surface area contributed by atoms with E-state index in [1.807, 2.05) is 0 Å². The summed E-state index contributed by atoms with van der Waals surface area (Å²) >= 11 is 0. The van der Waals surface area contributed by atoms with Crippen LogP contribution >= 0.6 is 7.92 Å². The Hall–Kier alpha value is -1.73. The molecule has 0 aromatic heterocycles. The quantitative estimate of drug-likeness (QED) is 0.707. The first kappa shape index (κ1) is 15.5. The summed E-state index contributed by atoms with van der Waals surface area (Å²) < 4.78 is 18.2. The molecule has 0 spiro atoms. The topological polar surface area (TPSA) is 27.7 Å². The highest BCUT2D eigenvalue weighted by atomic mass is 31.1. The summed E-state index contributed by atoms with van der Waals surface area (Å²) in [5, 5.41) is 1.59. The van der Waals surface area contributed by atoms with Crippen molar-refractivity contribution in [2.75, 3.05) is 19.6 Å². The number of rotatable bonds is 1. The van der Waals surface area contributed by atoms with Crippen LogP contribution in [0.5, 0.6) is 17.2 Å². The molecular formula is C21H23O3P. The molecule has 3 heterocycles. The highest BCUT2D eigenvalue weighted by molar-refractivity contribution is 7.67. The zero-order valence-electron chi connectivity index (χ0n) is 15.0. The number of ether oxygens (including phenoxy) is 3. The number of hydrogen-bond donors (Lipinski definition) is 0. The number of hydrogen-bond acceptors (Lipinski definition) is 3. The van der Waals surface area contributed by atoms with Crippen LogP contribution in [0.15, 0.2) is 24.3 Å². The van der Waals surface area contributed by atoms with Gasteiger partial charge < -0.3 is 14.2 Å². The molecule has 1 atom stereocenters.